The van der Waals surface area contributed by atoms with Crippen molar-refractivity contribution in [1.82, 2.24) is 19.5 Å². The molecule has 0 aliphatic carbocycles. The molecule has 0 N–H and O–H groups in total. The Balaban J connectivity index is 0.000000202. The van der Waals surface area contributed by atoms with Gasteiger partial charge in [-0.05, 0) is 109 Å². The van der Waals surface area contributed by atoms with Crippen LogP contribution in [0, 0.1) is 19.0 Å². The number of fused-ring (bicyclic) bond motifs is 7. The van der Waals surface area contributed by atoms with E-state index in [1.165, 1.54) is 55.6 Å². The molecule has 0 aliphatic rings. The van der Waals surface area contributed by atoms with Crippen LogP contribution in [0.4, 0.5) is 0 Å². The van der Waals surface area contributed by atoms with Crippen molar-refractivity contribution in [3.05, 3.63) is 217 Å². The summed E-state index contributed by atoms with van der Waals surface area (Å²) in [5.41, 5.74) is 14.3. The van der Waals surface area contributed by atoms with Gasteiger partial charge in [0.2, 0.25) is 0 Å². The van der Waals surface area contributed by atoms with E-state index >= 15 is 0 Å². The zero-order chi connectivity index (χ0) is 51.5. The summed E-state index contributed by atoms with van der Waals surface area (Å²) in [6, 6.07) is 65.0. The van der Waals surface area contributed by atoms with Gasteiger partial charge in [-0.2, -0.15) is 0 Å². The van der Waals surface area contributed by atoms with Gasteiger partial charge in [-0.3, -0.25) is 15.0 Å². The van der Waals surface area contributed by atoms with Gasteiger partial charge in [-0.25, -0.2) is 0 Å². The van der Waals surface area contributed by atoms with Gasteiger partial charge >= 0.3 is 0 Å². The minimum Gasteiger partial charge on any atom is -0.501 e. The van der Waals surface area contributed by atoms with E-state index in [2.05, 4.69) is 196 Å². The molecule has 6 heteroatoms. The Labute approximate surface area is 440 Å². The number of benzene rings is 9. The predicted octanol–water partition coefficient (Wildman–Crippen LogP) is 17.8. The fraction of sp³-hybridized carbons (Fsp3) is 0.167. The van der Waals surface area contributed by atoms with E-state index in [-0.39, 0.29) is 42.9 Å². The smallest absolute Gasteiger partial charge is 0.121 e. The third kappa shape index (κ3) is 8.95. The predicted molar refractivity (Wildman–Crippen MR) is 296 cm³/mol. The van der Waals surface area contributed by atoms with Crippen LogP contribution in [0.2, 0.25) is 0 Å². The number of hydrogen-bond acceptors (Lipinski definition) is 4. The zero-order valence-electron chi connectivity index (χ0n) is 44.5. The first-order valence-corrected chi connectivity index (χ1v) is 24.5. The third-order valence-corrected chi connectivity index (χ3v) is 13.6. The number of rotatable bonds is 7. The van der Waals surface area contributed by atoms with Crippen molar-refractivity contribution < 1.29 is 28.6 Å². The Hall–Kier alpha value is -7.50. The van der Waals surface area contributed by atoms with Crippen LogP contribution in [0.25, 0.3) is 105 Å². The van der Waals surface area contributed by atoms with Crippen molar-refractivity contribution in [3.8, 4) is 50.7 Å². The molecule has 0 saturated heterocycles. The normalized spacial score (nSPS) is 12.5. The van der Waals surface area contributed by atoms with Gasteiger partial charge in [0.1, 0.15) is 5.58 Å². The molecular formula is C66H56IrN4O-2. The molecule has 3 heterocycles. The van der Waals surface area contributed by atoms with E-state index in [0.717, 1.165) is 55.5 Å². The average Bonchev–Trinajstić information content (AvgIpc) is 3.98. The Morgan fingerprint density at radius 1 is 0.611 bits per heavy atom. The van der Waals surface area contributed by atoms with Gasteiger partial charge < -0.3 is 8.98 Å². The summed E-state index contributed by atoms with van der Waals surface area (Å²) in [6.45, 7) is 13.3. The number of hydrogen-bond donors (Lipinski definition) is 0. The second-order valence-corrected chi connectivity index (χ2v) is 20.1. The molecule has 0 aliphatic heterocycles. The van der Waals surface area contributed by atoms with Gasteiger partial charge in [-0.1, -0.05) is 181 Å². The van der Waals surface area contributed by atoms with E-state index in [1.54, 1.807) is 0 Å². The molecule has 357 valence electrons. The van der Waals surface area contributed by atoms with Crippen LogP contribution in [0.15, 0.2) is 187 Å². The Bertz CT molecular complexity index is 4010. The fourth-order valence-corrected chi connectivity index (χ4v) is 9.78. The molecular weight excluding hydrogens is 1060 g/mol. The maximum atomic E-state index is 7.82. The van der Waals surface area contributed by atoms with Crippen LogP contribution >= 0.6 is 0 Å². The molecule has 0 atom stereocenters. The van der Waals surface area contributed by atoms with Gasteiger partial charge in [0.25, 0.3) is 0 Å². The monoisotopic (exact) mass is 1120 g/mol. The van der Waals surface area contributed by atoms with Crippen LogP contribution in [0.1, 0.15) is 86.7 Å². The van der Waals surface area contributed by atoms with E-state index in [9.17, 15) is 0 Å². The van der Waals surface area contributed by atoms with Crippen LogP contribution < -0.4 is 0 Å². The summed E-state index contributed by atoms with van der Waals surface area (Å²) in [4.78, 5) is 14.2. The second kappa shape index (κ2) is 19.6. The maximum Gasteiger partial charge on any atom is 0.121 e. The van der Waals surface area contributed by atoms with Crippen LogP contribution in [0.5, 0.6) is 0 Å². The van der Waals surface area contributed by atoms with Crippen LogP contribution in [-0.4, -0.2) is 19.5 Å². The molecule has 0 amide bonds. The molecule has 12 rings (SSSR count). The molecule has 0 bridgehead atoms. The summed E-state index contributed by atoms with van der Waals surface area (Å²) < 4.78 is 32.7. The van der Waals surface area contributed by atoms with E-state index in [1.807, 2.05) is 54.9 Å². The molecule has 0 saturated carbocycles. The molecule has 12 aromatic rings. The average molecular weight is 1120 g/mol. The first-order valence-electron chi connectivity index (χ1n) is 26.0. The fourth-order valence-electron chi connectivity index (χ4n) is 9.78. The number of nitrogens with zero attached hydrogens (tertiary/aromatic N) is 4. The van der Waals surface area contributed by atoms with Crippen molar-refractivity contribution in [2.45, 2.75) is 72.6 Å². The first kappa shape index (κ1) is 44.4. The summed E-state index contributed by atoms with van der Waals surface area (Å²) in [5, 5.41) is 7.02. The topological polar surface area (TPSA) is 56.7 Å². The quantitative estimate of drug-likeness (QED) is 0.118. The molecule has 0 unspecified atom stereocenters. The van der Waals surface area contributed by atoms with Crippen molar-refractivity contribution in [2.24, 2.45) is 0 Å². The molecule has 0 spiro atoms. The first-order chi connectivity index (χ1) is 35.6. The number of imidazole rings is 1. The number of furan rings is 1. The van der Waals surface area contributed by atoms with Gasteiger partial charge in [-0.15, -0.1) is 47.5 Å². The van der Waals surface area contributed by atoms with Gasteiger partial charge in [0.05, 0.1) is 28.3 Å². The molecule has 1 radical (unpaired) electrons. The van der Waals surface area contributed by atoms with Crippen molar-refractivity contribution in [1.29, 1.82) is 0 Å². The molecule has 3 aromatic heterocycles. The standard InChI is InChI=1S/C45H35N2O.C21H21N2.Ir/c1-27(2)36-24-32(29-13-6-5-7-14-29)25-37(28(3)4)43(36)47-41-20-11-10-19-40(41)46-45(47)35-18-12-17-34-39-23-31-22-21-30-15-8-9-16-33(30)38(31)26-42(39)48-44(34)35;1-15-10-11-17(12-19(15)16-8-6-5-7-9-16)20-22-13-18(14-23-20)21(2,3)4;/h5-17,19-28H,1-4H3;5-10,12-14H,1-4H3;/q2*-1;/i;1D3;. The summed E-state index contributed by atoms with van der Waals surface area (Å²) in [7, 11) is 0. The molecule has 9 aromatic carbocycles. The van der Waals surface area contributed by atoms with Gasteiger partial charge in [0, 0.05) is 47.7 Å². The molecule has 72 heavy (non-hydrogen) atoms. The molecule has 0 fully saturated rings. The number of aromatic nitrogens is 4. The third-order valence-electron chi connectivity index (χ3n) is 13.6. The Morgan fingerprint density at radius 3 is 1.96 bits per heavy atom. The van der Waals surface area contributed by atoms with Crippen LogP contribution in [0.3, 0.4) is 0 Å². The summed E-state index contributed by atoms with van der Waals surface area (Å²) in [5.74, 6) is 1.94. The summed E-state index contributed by atoms with van der Waals surface area (Å²) >= 11 is 0. The van der Waals surface area contributed by atoms with Crippen molar-refractivity contribution in [3.63, 3.8) is 0 Å². The van der Waals surface area contributed by atoms with Crippen LogP contribution in [-0.2, 0) is 25.5 Å². The maximum absolute atomic E-state index is 7.82. The second-order valence-electron chi connectivity index (χ2n) is 20.1. The Morgan fingerprint density at radius 2 is 1.26 bits per heavy atom. The van der Waals surface area contributed by atoms with Crippen molar-refractivity contribution in [2.75, 3.05) is 0 Å². The van der Waals surface area contributed by atoms with E-state index in [0.29, 0.717) is 17.0 Å². The van der Waals surface area contributed by atoms with Gasteiger partial charge in [0.15, 0.2) is 0 Å². The largest absolute Gasteiger partial charge is 0.501 e. The minimum atomic E-state index is -2.21. The number of aryl methyl sites for hydroxylation is 1. The SMILES string of the molecule is CC(C)c1cc(-c2ccccc2)cc(C(C)C)c1-n1c(-c2[c-]ccc3c2oc2cc4c(ccc5ccccc54)cc23)nc2ccccc21.[2H]C([2H])([2H])c1c[c-]c(-c2ncc(C(C)(C)C)cn2)cc1-c1ccccc1.[Ir]. The minimum absolute atomic E-state index is 0. The van der Waals surface area contributed by atoms with Crippen molar-refractivity contribution >= 4 is 54.5 Å². The van der Waals surface area contributed by atoms with E-state index in [4.69, 9.17) is 13.5 Å². The van der Waals surface area contributed by atoms with E-state index < -0.39 is 6.85 Å². The molecule has 5 nitrogen and oxygen atoms in total. The number of para-hydroxylation sites is 2. The Kier molecular flexibility index (Phi) is 12.1. The summed E-state index contributed by atoms with van der Waals surface area (Å²) in [6.07, 6.45) is 3.63. The zero-order valence-corrected chi connectivity index (χ0v) is 43.9.